The van der Waals surface area contributed by atoms with Gasteiger partial charge in [-0.1, -0.05) is 46.3 Å². The van der Waals surface area contributed by atoms with E-state index < -0.39 is 0 Å². The summed E-state index contributed by atoms with van der Waals surface area (Å²) in [5.74, 6) is 0.783. The van der Waals surface area contributed by atoms with Crippen molar-refractivity contribution >= 4 is 54.4 Å². The fourth-order valence-corrected chi connectivity index (χ4v) is 4.44. The molecule has 0 saturated carbocycles. The van der Waals surface area contributed by atoms with Gasteiger partial charge in [-0.3, -0.25) is 9.36 Å². The number of halogens is 2. The summed E-state index contributed by atoms with van der Waals surface area (Å²) in [4.78, 5) is 17.8. The monoisotopic (exact) mass is 444 g/mol. The van der Waals surface area contributed by atoms with E-state index in [-0.39, 0.29) is 5.56 Å². The third-order valence-electron chi connectivity index (χ3n) is 4.23. The summed E-state index contributed by atoms with van der Waals surface area (Å²) in [6.07, 6.45) is 4.02. The van der Waals surface area contributed by atoms with E-state index in [4.69, 9.17) is 4.98 Å². The van der Waals surface area contributed by atoms with Crippen LogP contribution in [0, 0.1) is 0 Å². The Morgan fingerprint density at radius 3 is 2.71 bits per heavy atom. The molecule has 1 aliphatic rings. The zero-order valence-electron chi connectivity index (χ0n) is 12.8. The molecular formula is C19H14Br2N2O. The summed E-state index contributed by atoms with van der Waals surface area (Å²) in [5.41, 5.74) is 2.98. The van der Waals surface area contributed by atoms with Gasteiger partial charge in [0.2, 0.25) is 0 Å². The number of nitrogens with zero attached hydrogens (tertiary/aromatic N) is 2. The van der Waals surface area contributed by atoms with Crippen molar-refractivity contribution in [3.63, 3.8) is 0 Å². The Morgan fingerprint density at radius 1 is 1.12 bits per heavy atom. The van der Waals surface area contributed by atoms with Crippen LogP contribution in [0.5, 0.6) is 0 Å². The Morgan fingerprint density at radius 2 is 1.92 bits per heavy atom. The summed E-state index contributed by atoms with van der Waals surface area (Å²) in [5, 5.41) is 0.640. The summed E-state index contributed by atoms with van der Waals surface area (Å²) < 4.78 is 3.51. The third kappa shape index (κ3) is 2.76. The highest BCUT2D eigenvalue weighted by Gasteiger charge is 2.20. The first-order valence-corrected chi connectivity index (χ1v) is 9.38. The van der Waals surface area contributed by atoms with Gasteiger partial charge in [-0.2, -0.15) is 0 Å². The molecule has 0 amide bonds. The zero-order valence-corrected chi connectivity index (χ0v) is 16.0. The van der Waals surface area contributed by atoms with Crippen molar-refractivity contribution in [3.05, 3.63) is 73.2 Å². The molecule has 120 valence electrons. The van der Waals surface area contributed by atoms with E-state index in [1.54, 1.807) is 4.57 Å². The maximum absolute atomic E-state index is 12.9. The minimum atomic E-state index is 0.0238. The largest absolute Gasteiger partial charge is 0.292 e. The van der Waals surface area contributed by atoms with Gasteiger partial charge in [0.25, 0.3) is 5.56 Å². The Kier molecular flexibility index (Phi) is 4.14. The molecule has 5 heteroatoms. The predicted octanol–water partition coefficient (Wildman–Crippen LogP) is 5.26. The molecular weight excluding hydrogens is 432 g/mol. The molecule has 0 N–H and O–H groups in total. The molecule has 0 saturated heterocycles. The van der Waals surface area contributed by atoms with Crippen molar-refractivity contribution in [2.45, 2.75) is 19.4 Å². The van der Waals surface area contributed by atoms with Crippen LogP contribution in [-0.2, 0) is 6.54 Å². The molecule has 3 aromatic rings. The van der Waals surface area contributed by atoms with E-state index in [1.807, 2.05) is 30.3 Å². The molecule has 0 unspecified atom stereocenters. The molecule has 1 aliphatic heterocycles. The Bertz CT molecular complexity index is 1020. The van der Waals surface area contributed by atoms with E-state index >= 15 is 0 Å². The molecule has 0 atom stereocenters. The first kappa shape index (κ1) is 15.8. The maximum Gasteiger partial charge on any atom is 0.261 e. The molecule has 2 aromatic carbocycles. The van der Waals surface area contributed by atoms with Crippen LogP contribution in [0.3, 0.4) is 0 Å². The Labute approximate surface area is 156 Å². The minimum absolute atomic E-state index is 0.0238. The van der Waals surface area contributed by atoms with Gasteiger partial charge in [0.05, 0.1) is 10.9 Å². The molecule has 3 nitrogen and oxygen atoms in total. The zero-order chi connectivity index (χ0) is 16.7. The van der Waals surface area contributed by atoms with Gasteiger partial charge in [0, 0.05) is 15.5 Å². The van der Waals surface area contributed by atoms with Crippen LogP contribution in [0.15, 0.2) is 56.2 Å². The lowest BCUT2D eigenvalue weighted by Crippen LogP contribution is -2.28. The summed E-state index contributed by atoms with van der Waals surface area (Å²) in [7, 11) is 0. The van der Waals surface area contributed by atoms with E-state index in [0.717, 1.165) is 44.3 Å². The fourth-order valence-electron chi connectivity index (χ4n) is 3.13. The maximum atomic E-state index is 12.9. The lowest BCUT2D eigenvalue weighted by molar-refractivity contribution is 0.587. The molecule has 2 heterocycles. The van der Waals surface area contributed by atoms with Crippen LogP contribution < -0.4 is 5.56 Å². The highest BCUT2D eigenvalue weighted by atomic mass is 79.9. The van der Waals surface area contributed by atoms with Crippen LogP contribution >= 0.6 is 31.9 Å². The number of hydrogen-bond acceptors (Lipinski definition) is 2. The van der Waals surface area contributed by atoms with E-state index in [1.165, 1.54) is 0 Å². The molecule has 1 aromatic heterocycles. The molecule has 0 fully saturated rings. The van der Waals surface area contributed by atoms with Crippen molar-refractivity contribution in [3.8, 4) is 0 Å². The topological polar surface area (TPSA) is 34.9 Å². The lowest BCUT2D eigenvalue weighted by Gasteiger charge is -2.21. The number of allylic oxidation sites excluding steroid dienone is 1. The summed E-state index contributed by atoms with van der Waals surface area (Å²) >= 11 is 6.99. The van der Waals surface area contributed by atoms with E-state index in [0.29, 0.717) is 11.9 Å². The van der Waals surface area contributed by atoms with Crippen molar-refractivity contribution in [1.82, 2.24) is 9.55 Å². The fraction of sp³-hybridized carbons (Fsp3) is 0.158. The second-order valence-electron chi connectivity index (χ2n) is 5.86. The van der Waals surface area contributed by atoms with Crippen molar-refractivity contribution in [2.24, 2.45) is 0 Å². The van der Waals surface area contributed by atoms with Crippen molar-refractivity contribution in [2.75, 3.05) is 0 Å². The highest BCUT2D eigenvalue weighted by Crippen LogP contribution is 2.30. The van der Waals surface area contributed by atoms with Crippen LogP contribution in [0.25, 0.3) is 22.6 Å². The number of fused-ring (bicyclic) bond motifs is 2. The van der Waals surface area contributed by atoms with Gasteiger partial charge in [0.1, 0.15) is 5.82 Å². The molecule has 4 rings (SSSR count). The quantitative estimate of drug-likeness (QED) is 0.512. The SMILES string of the molecule is O=c1c2cc(Br)cc(Br)c2nc2n1CCC/C2=C\c1ccccc1. The minimum Gasteiger partial charge on any atom is -0.292 e. The molecule has 0 aliphatic carbocycles. The number of aromatic nitrogens is 2. The van der Waals surface area contributed by atoms with E-state index in [9.17, 15) is 4.79 Å². The average Bonchev–Trinajstić information content (AvgIpc) is 2.58. The van der Waals surface area contributed by atoms with Crippen molar-refractivity contribution in [1.29, 1.82) is 0 Å². The molecule has 24 heavy (non-hydrogen) atoms. The van der Waals surface area contributed by atoms with Gasteiger partial charge in [-0.05, 0) is 58.1 Å². The number of hydrogen-bond donors (Lipinski definition) is 0. The normalized spacial score (nSPS) is 15.7. The molecule has 0 radical (unpaired) electrons. The number of rotatable bonds is 1. The first-order valence-electron chi connectivity index (χ1n) is 7.79. The number of benzene rings is 2. The van der Waals surface area contributed by atoms with Gasteiger partial charge in [0.15, 0.2) is 0 Å². The highest BCUT2D eigenvalue weighted by molar-refractivity contribution is 9.11. The Balaban J connectivity index is 1.98. The van der Waals surface area contributed by atoms with Gasteiger partial charge >= 0.3 is 0 Å². The summed E-state index contributed by atoms with van der Waals surface area (Å²) in [6.45, 7) is 0.716. The predicted molar refractivity (Wildman–Crippen MR) is 105 cm³/mol. The second kappa shape index (κ2) is 6.30. The lowest BCUT2D eigenvalue weighted by atomic mass is 10.0. The van der Waals surface area contributed by atoms with Crippen LogP contribution in [0.4, 0.5) is 0 Å². The van der Waals surface area contributed by atoms with Gasteiger partial charge in [-0.15, -0.1) is 0 Å². The molecule has 0 bridgehead atoms. The Hall–Kier alpha value is -1.72. The second-order valence-corrected chi connectivity index (χ2v) is 7.63. The molecule has 0 spiro atoms. The van der Waals surface area contributed by atoms with Crippen molar-refractivity contribution < 1.29 is 0 Å². The van der Waals surface area contributed by atoms with Crippen LogP contribution in [-0.4, -0.2) is 9.55 Å². The smallest absolute Gasteiger partial charge is 0.261 e. The van der Waals surface area contributed by atoms with Gasteiger partial charge < -0.3 is 0 Å². The van der Waals surface area contributed by atoms with Crippen LogP contribution in [0.2, 0.25) is 0 Å². The third-order valence-corrected chi connectivity index (χ3v) is 5.29. The first-order chi connectivity index (χ1) is 11.6. The van der Waals surface area contributed by atoms with E-state index in [2.05, 4.69) is 50.1 Å². The standard InChI is InChI=1S/C19H14Br2N2O/c20-14-10-15-17(16(21)11-14)22-18-13(7-4-8-23(18)19(15)24)9-12-5-2-1-3-6-12/h1-3,5-6,9-11H,4,7-8H2/b13-9+. The average molecular weight is 446 g/mol. The van der Waals surface area contributed by atoms with Crippen LogP contribution in [0.1, 0.15) is 24.2 Å². The van der Waals surface area contributed by atoms with Gasteiger partial charge in [-0.25, -0.2) is 4.98 Å². The summed E-state index contributed by atoms with van der Waals surface area (Å²) in [6, 6.07) is 13.9.